The number of rotatable bonds is 4. The van der Waals surface area contributed by atoms with Crippen molar-refractivity contribution in [1.82, 2.24) is 20.5 Å². The summed E-state index contributed by atoms with van der Waals surface area (Å²) in [6.07, 6.45) is 1.02. The molecule has 1 fully saturated rings. The predicted octanol–water partition coefficient (Wildman–Crippen LogP) is 2.32. The van der Waals surface area contributed by atoms with E-state index in [-0.39, 0.29) is 5.91 Å². The Morgan fingerprint density at radius 3 is 2.73 bits per heavy atom. The van der Waals surface area contributed by atoms with Gasteiger partial charge in [-0.3, -0.25) is 10.1 Å². The largest absolute Gasteiger partial charge is 0.325 e. The second-order valence-electron chi connectivity index (χ2n) is 7.25. The summed E-state index contributed by atoms with van der Waals surface area (Å²) in [5, 5.41) is 7.30. The van der Waals surface area contributed by atoms with Gasteiger partial charge in [0, 0.05) is 18.6 Å². The topological polar surface area (TPSA) is 89.4 Å². The van der Waals surface area contributed by atoms with Gasteiger partial charge < -0.3 is 9.80 Å². The van der Waals surface area contributed by atoms with Crippen molar-refractivity contribution in [2.45, 2.75) is 25.7 Å². The number of urea groups is 1. The van der Waals surface area contributed by atoms with Crippen molar-refractivity contribution in [2.75, 3.05) is 7.05 Å². The SMILES string of the molecule is Cc1cccc(CN2C(N/N=C/c3ccc(Cl)cc3)=NC3C2C(=O)NC(=O)N3C)c1. The zero-order chi connectivity index (χ0) is 21.3. The lowest BCUT2D eigenvalue weighted by atomic mass is 10.1. The van der Waals surface area contributed by atoms with Crippen molar-refractivity contribution < 1.29 is 9.59 Å². The van der Waals surface area contributed by atoms with Gasteiger partial charge in [0.2, 0.25) is 5.96 Å². The van der Waals surface area contributed by atoms with E-state index in [1.807, 2.05) is 42.2 Å². The number of amides is 3. The summed E-state index contributed by atoms with van der Waals surface area (Å²) < 4.78 is 0. The van der Waals surface area contributed by atoms with Crippen molar-refractivity contribution in [3.63, 3.8) is 0 Å². The van der Waals surface area contributed by atoms with Crippen molar-refractivity contribution in [3.05, 3.63) is 70.2 Å². The lowest BCUT2D eigenvalue weighted by molar-refractivity contribution is -0.127. The van der Waals surface area contributed by atoms with Crippen LogP contribution in [0.1, 0.15) is 16.7 Å². The van der Waals surface area contributed by atoms with E-state index in [0.717, 1.165) is 16.7 Å². The average Bonchev–Trinajstić information content (AvgIpc) is 3.07. The Hall–Kier alpha value is -3.39. The van der Waals surface area contributed by atoms with Crippen LogP contribution in [0.3, 0.4) is 0 Å². The highest BCUT2D eigenvalue weighted by Crippen LogP contribution is 2.25. The van der Waals surface area contributed by atoms with Crippen LogP contribution in [0.15, 0.2) is 58.6 Å². The van der Waals surface area contributed by atoms with E-state index in [9.17, 15) is 9.59 Å². The van der Waals surface area contributed by atoms with Gasteiger partial charge in [-0.1, -0.05) is 53.6 Å². The van der Waals surface area contributed by atoms with Crippen LogP contribution >= 0.6 is 11.6 Å². The summed E-state index contributed by atoms with van der Waals surface area (Å²) in [4.78, 5) is 32.5. The Labute approximate surface area is 179 Å². The van der Waals surface area contributed by atoms with E-state index in [0.29, 0.717) is 17.5 Å². The molecule has 2 N–H and O–H groups in total. The van der Waals surface area contributed by atoms with E-state index in [1.165, 1.54) is 4.90 Å². The minimum Gasteiger partial charge on any atom is -0.321 e. The minimum atomic E-state index is -0.638. The number of nitrogens with one attached hydrogen (secondary N) is 2. The van der Waals surface area contributed by atoms with Gasteiger partial charge >= 0.3 is 6.03 Å². The summed E-state index contributed by atoms with van der Waals surface area (Å²) in [5.74, 6) is 0.0476. The van der Waals surface area contributed by atoms with Crippen LogP contribution < -0.4 is 10.7 Å². The molecule has 0 bridgehead atoms. The Morgan fingerprint density at radius 1 is 1.23 bits per heavy atom. The van der Waals surface area contributed by atoms with Gasteiger partial charge in [0.05, 0.1) is 6.21 Å². The van der Waals surface area contributed by atoms with Gasteiger partial charge in [-0.15, -0.1) is 0 Å². The number of guanidine groups is 1. The second-order valence-corrected chi connectivity index (χ2v) is 7.69. The summed E-state index contributed by atoms with van der Waals surface area (Å²) >= 11 is 5.91. The molecule has 2 unspecified atom stereocenters. The molecule has 30 heavy (non-hydrogen) atoms. The van der Waals surface area contributed by atoms with Gasteiger partial charge in [0.25, 0.3) is 5.91 Å². The molecule has 3 amide bonds. The molecule has 1 saturated heterocycles. The molecule has 4 rings (SSSR count). The number of hydrogen-bond donors (Lipinski definition) is 2. The van der Waals surface area contributed by atoms with Gasteiger partial charge in [-0.25, -0.2) is 15.2 Å². The number of imide groups is 1. The fraction of sp³-hybridized carbons (Fsp3) is 0.238. The maximum Gasteiger partial charge on any atom is 0.325 e. The van der Waals surface area contributed by atoms with Crippen molar-refractivity contribution in [2.24, 2.45) is 10.1 Å². The third-order valence-electron chi connectivity index (χ3n) is 5.04. The van der Waals surface area contributed by atoms with Crippen LogP contribution in [0.4, 0.5) is 4.79 Å². The summed E-state index contributed by atoms with van der Waals surface area (Å²) in [5.41, 5.74) is 5.94. The number of aliphatic imine (C=N–C) groups is 1. The molecule has 2 aromatic rings. The highest BCUT2D eigenvalue weighted by Gasteiger charge is 2.48. The number of carbonyl (C=O) groups excluding carboxylic acids is 2. The first-order valence-electron chi connectivity index (χ1n) is 9.44. The van der Waals surface area contributed by atoms with Crippen LogP contribution in [0.25, 0.3) is 0 Å². The van der Waals surface area contributed by atoms with Crippen molar-refractivity contribution in [3.8, 4) is 0 Å². The Morgan fingerprint density at radius 2 is 2.00 bits per heavy atom. The maximum absolute atomic E-state index is 12.6. The minimum absolute atomic E-state index is 0.377. The first-order valence-corrected chi connectivity index (χ1v) is 9.82. The average molecular weight is 425 g/mol. The molecule has 0 spiro atoms. The molecule has 2 aliphatic rings. The van der Waals surface area contributed by atoms with Gasteiger partial charge in [0.1, 0.15) is 0 Å². The smallest absolute Gasteiger partial charge is 0.321 e. The van der Waals surface area contributed by atoms with E-state index < -0.39 is 18.2 Å². The van der Waals surface area contributed by atoms with Crippen LogP contribution in [0.5, 0.6) is 0 Å². The Bertz CT molecular complexity index is 1040. The third-order valence-corrected chi connectivity index (χ3v) is 5.30. The molecule has 2 aromatic carbocycles. The molecule has 0 radical (unpaired) electrons. The van der Waals surface area contributed by atoms with Crippen molar-refractivity contribution in [1.29, 1.82) is 0 Å². The third kappa shape index (κ3) is 3.99. The molecular formula is C21H21ClN6O2. The molecule has 2 atom stereocenters. The molecule has 0 aliphatic carbocycles. The van der Waals surface area contributed by atoms with Crippen LogP contribution in [0, 0.1) is 6.92 Å². The highest BCUT2D eigenvalue weighted by molar-refractivity contribution is 6.30. The Kier molecular flexibility index (Phi) is 5.41. The lowest BCUT2D eigenvalue weighted by Gasteiger charge is -2.36. The molecule has 9 heteroatoms. The number of carbonyl (C=O) groups is 2. The zero-order valence-corrected chi connectivity index (χ0v) is 17.3. The zero-order valence-electron chi connectivity index (χ0n) is 16.5. The summed E-state index contributed by atoms with van der Waals surface area (Å²) in [6, 6.07) is 14.2. The molecular weight excluding hydrogens is 404 g/mol. The van der Waals surface area contributed by atoms with E-state index in [4.69, 9.17) is 11.6 Å². The lowest BCUT2D eigenvalue weighted by Crippen LogP contribution is -2.63. The van der Waals surface area contributed by atoms with Crippen LogP contribution in [0.2, 0.25) is 5.02 Å². The molecule has 8 nitrogen and oxygen atoms in total. The normalized spacial score (nSPS) is 21.0. The molecule has 0 saturated carbocycles. The molecule has 2 aliphatic heterocycles. The number of fused-ring (bicyclic) bond motifs is 1. The molecule has 154 valence electrons. The monoisotopic (exact) mass is 424 g/mol. The van der Waals surface area contributed by atoms with Gasteiger partial charge in [-0.2, -0.15) is 5.10 Å². The van der Waals surface area contributed by atoms with Crippen LogP contribution in [-0.4, -0.2) is 53.2 Å². The number of benzene rings is 2. The number of likely N-dealkylation sites (N-methyl/N-ethyl adjacent to an activating group) is 1. The van der Waals surface area contributed by atoms with E-state index in [1.54, 1.807) is 25.4 Å². The summed E-state index contributed by atoms with van der Waals surface area (Å²) in [6.45, 7) is 2.46. The first-order chi connectivity index (χ1) is 14.4. The van der Waals surface area contributed by atoms with E-state index in [2.05, 4.69) is 26.9 Å². The fourth-order valence-corrected chi connectivity index (χ4v) is 3.64. The Balaban J connectivity index is 1.59. The quantitative estimate of drug-likeness (QED) is 0.582. The van der Waals surface area contributed by atoms with E-state index >= 15 is 0 Å². The predicted molar refractivity (Wildman–Crippen MR) is 115 cm³/mol. The highest BCUT2D eigenvalue weighted by atomic mass is 35.5. The summed E-state index contributed by atoms with van der Waals surface area (Å²) in [7, 11) is 1.62. The van der Waals surface area contributed by atoms with Crippen molar-refractivity contribution >= 4 is 35.7 Å². The first kappa shape index (κ1) is 19.9. The number of hydrogen-bond acceptors (Lipinski definition) is 6. The molecule has 0 aromatic heterocycles. The van der Waals surface area contributed by atoms with Gasteiger partial charge in [0.15, 0.2) is 12.2 Å². The number of halogens is 1. The van der Waals surface area contributed by atoms with Gasteiger partial charge in [-0.05, 0) is 30.2 Å². The maximum atomic E-state index is 12.6. The number of nitrogens with zero attached hydrogens (tertiary/aromatic N) is 4. The molecule has 2 heterocycles. The fourth-order valence-electron chi connectivity index (χ4n) is 3.51. The standard InChI is InChI=1S/C21H21ClN6O2/c1-13-4-3-5-15(10-13)12-28-17-18(27(2)21(30)25-19(17)29)24-20(28)26-23-11-14-6-8-16(22)9-7-14/h3-11,17-18H,12H2,1-2H3,(H,24,26)(H,25,29,30)/b23-11+. The number of hydrazone groups is 1. The van der Waals surface area contributed by atoms with Crippen LogP contribution in [-0.2, 0) is 11.3 Å². The number of aryl methyl sites for hydroxylation is 1. The second kappa shape index (κ2) is 8.16.